The number of hydrogen-bond acceptors (Lipinski definition) is 2. The van der Waals surface area contributed by atoms with Gasteiger partial charge in [-0.1, -0.05) is 0 Å². The van der Waals surface area contributed by atoms with E-state index in [2.05, 4.69) is 32.3 Å². The van der Waals surface area contributed by atoms with E-state index in [9.17, 15) is 13.2 Å². The fraction of sp³-hybridized carbons (Fsp3) is 0.333. The molecule has 0 saturated heterocycles. The van der Waals surface area contributed by atoms with Gasteiger partial charge in [0, 0.05) is 5.56 Å². The molecule has 0 aliphatic carbocycles. The van der Waals surface area contributed by atoms with Crippen molar-refractivity contribution in [2.24, 2.45) is 0 Å². The first-order valence-corrected chi connectivity index (χ1v) is 5.37. The first-order chi connectivity index (χ1) is 7.79. The molecule has 2 aromatic heterocycles. The van der Waals surface area contributed by atoms with Crippen LogP contribution in [0.15, 0.2) is 10.7 Å². The third-order valence-electron chi connectivity index (χ3n) is 2.04. The highest BCUT2D eigenvalue weighted by Gasteiger charge is 2.36. The van der Waals surface area contributed by atoms with Gasteiger partial charge < -0.3 is 0 Å². The number of halogens is 4. The van der Waals surface area contributed by atoms with Gasteiger partial charge in [-0.25, -0.2) is 0 Å². The molecule has 0 aromatic carbocycles. The number of nitrogens with zero attached hydrogens (tertiary/aromatic N) is 4. The Bertz CT molecular complexity index is 555. The molecular formula is C9H7BrF3N4. The third kappa shape index (κ3) is 2.21. The highest BCUT2D eigenvalue weighted by molar-refractivity contribution is 9.10. The topological polar surface area (TPSA) is 35.6 Å². The van der Waals surface area contributed by atoms with Crippen LogP contribution in [0.1, 0.15) is 17.0 Å². The second-order valence-electron chi connectivity index (χ2n) is 3.47. The van der Waals surface area contributed by atoms with Crippen molar-refractivity contribution in [3.63, 3.8) is 0 Å². The summed E-state index contributed by atoms with van der Waals surface area (Å²) >= 11 is 3.18. The number of aryl methyl sites for hydroxylation is 2. The molecule has 2 rings (SSSR count). The van der Waals surface area contributed by atoms with Crippen molar-refractivity contribution in [3.8, 4) is 0 Å². The lowest BCUT2D eigenvalue weighted by molar-refractivity contribution is -0.142. The van der Waals surface area contributed by atoms with Crippen molar-refractivity contribution < 1.29 is 13.2 Å². The third-order valence-corrected chi connectivity index (χ3v) is 2.58. The van der Waals surface area contributed by atoms with Crippen molar-refractivity contribution in [1.82, 2.24) is 19.8 Å². The lowest BCUT2D eigenvalue weighted by atomic mass is 10.3. The molecular weight excluding hydrogens is 301 g/mol. The Morgan fingerprint density at radius 2 is 1.94 bits per heavy atom. The zero-order valence-corrected chi connectivity index (χ0v) is 10.5. The van der Waals surface area contributed by atoms with Crippen LogP contribution in [0, 0.1) is 20.0 Å². The normalized spacial score (nSPS) is 12.1. The van der Waals surface area contributed by atoms with Gasteiger partial charge in [-0.3, -0.25) is 0 Å². The molecule has 91 valence electrons. The van der Waals surface area contributed by atoms with Gasteiger partial charge in [0.1, 0.15) is 10.8 Å². The Labute approximate surface area is 103 Å². The van der Waals surface area contributed by atoms with E-state index >= 15 is 0 Å². The summed E-state index contributed by atoms with van der Waals surface area (Å²) in [6.07, 6.45) is -2.01. The summed E-state index contributed by atoms with van der Waals surface area (Å²) in [7, 11) is 0. The zero-order valence-electron chi connectivity index (χ0n) is 8.88. The molecule has 0 amide bonds. The van der Waals surface area contributed by atoms with Gasteiger partial charge in [0.2, 0.25) is 0 Å². The molecule has 1 radical (unpaired) electrons. The fourth-order valence-corrected chi connectivity index (χ4v) is 1.91. The molecule has 17 heavy (non-hydrogen) atoms. The van der Waals surface area contributed by atoms with E-state index in [1.807, 2.05) is 0 Å². The van der Waals surface area contributed by atoms with E-state index in [0.717, 1.165) is 4.79 Å². The lowest BCUT2D eigenvalue weighted by Gasteiger charge is -2.03. The van der Waals surface area contributed by atoms with Crippen molar-refractivity contribution in [2.75, 3.05) is 0 Å². The first kappa shape index (κ1) is 12.2. The molecule has 8 heteroatoms. The van der Waals surface area contributed by atoms with Crippen LogP contribution in [0.5, 0.6) is 0 Å². The standard InChI is InChI=1S/C9H7BrF3N4/c1-5-4-16(15-8(5)9(11,12)13)17-7(10)3-6(2)14-17/h3H,1-2H3. The van der Waals surface area contributed by atoms with Gasteiger partial charge in [0.25, 0.3) is 0 Å². The van der Waals surface area contributed by atoms with Crippen LogP contribution in [-0.4, -0.2) is 19.8 Å². The molecule has 0 spiro atoms. The molecule has 0 fully saturated rings. The molecule has 0 bridgehead atoms. The van der Waals surface area contributed by atoms with Gasteiger partial charge >= 0.3 is 6.18 Å². The highest BCUT2D eigenvalue weighted by atomic mass is 79.9. The van der Waals surface area contributed by atoms with Crippen LogP contribution in [0.4, 0.5) is 13.2 Å². The molecule has 0 aliphatic rings. The van der Waals surface area contributed by atoms with Crippen LogP contribution in [0.3, 0.4) is 0 Å². The average Bonchev–Trinajstić information content (AvgIpc) is 2.68. The van der Waals surface area contributed by atoms with E-state index in [-0.39, 0.29) is 5.56 Å². The minimum atomic E-state index is -4.49. The maximum absolute atomic E-state index is 12.5. The van der Waals surface area contributed by atoms with E-state index < -0.39 is 11.9 Å². The van der Waals surface area contributed by atoms with Crippen LogP contribution in [0.2, 0.25) is 0 Å². The minimum Gasteiger partial charge on any atom is -0.164 e. The molecule has 0 aliphatic heterocycles. The van der Waals surface area contributed by atoms with Gasteiger partial charge in [-0.05, 0) is 35.8 Å². The Morgan fingerprint density at radius 3 is 2.35 bits per heavy atom. The predicted octanol–water partition coefficient (Wildman–Crippen LogP) is 2.59. The number of alkyl halides is 3. The Kier molecular flexibility index (Phi) is 2.76. The Balaban J connectivity index is 2.52. The molecule has 0 atom stereocenters. The summed E-state index contributed by atoms with van der Waals surface area (Å²) in [5.41, 5.74) is -0.373. The quantitative estimate of drug-likeness (QED) is 0.812. The molecule has 4 nitrogen and oxygen atoms in total. The largest absolute Gasteiger partial charge is 0.435 e. The zero-order chi connectivity index (χ0) is 12.8. The van der Waals surface area contributed by atoms with Crippen molar-refractivity contribution in [3.05, 3.63) is 33.8 Å². The van der Waals surface area contributed by atoms with Crippen LogP contribution in [-0.2, 0) is 6.18 Å². The van der Waals surface area contributed by atoms with Crippen molar-refractivity contribution in [2.45, 2.75) is 20.0 Å². The molecule has 0 saturated carbocycles. The van der Waals surface area contributed by atoms with Crippen LogP contribution >= 0.6 is 15.9 Å². The maximum atomic E-state index is 12.5. The summed E-state index contributed by atoms with van der Waals surface area (Å²) in [6, 6.07) is 1.66. The summed E-state index contributed by atoms with van der Waals surface area (Å²) in [6.45, 7) is 3.03. The number of hydrogen-bond donors (Lipinski definition) is 0. The number of aromatic nitrogens is 4. The number of rotatable bonds is 1. The van der Waals surface area contributed by atoms with Crippen LogP contribution < -0.4 is 0 Å². The van der Waals surface area contributed by atoms with E-state index in [0.29, 0.717) is 10.3 Å². The molecule has 2 heterocycles. The van der Waals surface area contributed by atoms with Crippen LogP contribution in [0.25, 0.3) is 0 Å². The van der Waals surface area contributed by atoms with Gasteiger partial charge in [-0.2, -0.15) is 18.3 Å². The second kappa shape index (κ2) is 3.86. The Morgan fingerprint density at radius 1 is 1.29 bits per heavy atom. The van der Waals surface area contributed by atoms with Crippen molar-refractivity contribution in [1.29, 1.82) is 0 Å². The van der Waals surface area contributed by atoms with E-state index in [1.54, 1.807) is 13.0 Å². The van der Waals surface area contributed by atoms with Crippen molar-refractivity contribution >= 4 is 15.9 Å². The molecule has 2 aromatic rings. The van der Waals surface area contributed by atoms with Gasteiger partial charge in [0.05, 0.1) is 5.69 Å². The highest BCUT2D eigenvalue weighted by Crippen LogP contribution is 2.30. The first-order valence-electron chi connectivity index (χ1n) is 4.58. The smallest absolute Gasteiger partial charge is 0.164 e. The lowest BCUT2D eigenvalue weighted by Crippen LogP contribution is -2.15. The van der Waals surface area contributed by atoms with E-state index in [1.165, 1.54) is 11.7 Å². The van der Waals surface area contributed by atoms with Gasteiger partial charge in [0.15, 0.2) is 5.69 Å². The van der Waals surface area contributed by atoms with Gasteiger partial charge in [-0.15, -0.1) is 14.7 Å². The minimum absolute atomic E-state index is 0.0717. The summed E-state index contributed by atoms with van der Waals surface area (Å²) < 4.78 is 38.1. The summed E-state index contributed by atoms with van der Waals surface area (Å²) in [4.78, 5) is 2.12. The second-order valence-corrected chi connectivity index (χ2v) is 4.28. The SMILES string of the molecule is Cc1cc(Br)n(-n2[c]c(C)c(C(F)(F)F)n2)n1. The maximum Gasteiger partial charge on any atom is 0.435 e. The monoisotopic (exact) mass is 307 g/mol. The average molecular weight is 308 g/mol. The Hall–Kier alpha value is -1.31. The van der Waals surface area contributed by atoms with E-state index in [4.69, 9.17) is 0 Å². The fourth-order valence-electron chi connectivity index (χ4n) is 1.35. The predicted molar refractivity (Wildman–Crippen MR) is 56.3 cm³/mol. The molecule has 0 unspecified atom stereocenters. The molecule has 0 N–H and O–H groups in total. The summed E-state index contributed by atoms with van der Waals surface area (Å²) in [5.74, 6) is 0. The summed E-state index contributed by atoms with van der Waals surface area (Å²) in [5, 5.41) is 7.42.